The van der Waals surface area contributed by atoms with E-state index in [1.54, 1.807) is 11.6 Å². The van der Waals surface area contributed by atoms with Crippen LogP contribution in [0, 0.1) is 0 Å². The largest absolute Gasteiger partial charge is 0.461 e. The standard InChI is InChI=1S/C22H19ClN2O2/c1-2-27-22(26)20-17-13-12-16(14-15-8-4-3-5-9-15)21(17)25(24-20)19-11-7-6-10-18(19)23/h3-11,14H,2,12-13H2,1H3/b16-14-. The summed E-state index contributed by atoms with van der Waals surface area (Å²) in [6.07, 6.45) is 3.75. The third-order valence-electron chi connectivity index (χ3n) is 4.62. The van der Waals surface area contributed by atoms with Crippen LogP contribution in [0.5, 0.6) is 0 Å². The smallest absolute Gasteiger partial charge is 0.359 e. The van der Waals surface area contributed by atoms with E-state index in [9.17, 15) is 4.79 Å². The molecule has 0 unspecified atom stereocenters. The fraction of sp³-hybridized carbons (Fsp3) is 0.182. The number of halogens is 1. The van der Waals surface area contributed by atoms with Gasteiger partial charge in [0, 0.05) is 5.56 Å². The summed E-state index contributed by atoms with van der Waals surface area (Å²) >= 11 is 6.42. The van der Waals surface area contributed by atoms with Gasteiger partial charge >= 0.3 is 5.97 Å². The summed E-state index contributed by atoms with van der Waals surface area (Å²) in [5, 5.41) is 5.18. The molecule has 4 rings (SSSR count). The highest BCUT2D eigenvalue weighted by Crippen LogP contribution is 2.38. The van der Waals surface area contributed by atoms with Gasteiger partial charge in [0.05, 0.1) is 23.0 Å². The first-order chi connectivity index (χ1) is 13.2. The minimum absolute atomic E-state index is 0.319. The number of esters is 1. The summed E-state index contributed by atoms with van der Waals surface area (Å²) in [6.45, 7) is 2.11. The summed E-state index contributed by atoms with van der Waals surface area (Å²) in [5.74, 6) is -0.388. The lowest BCUT2D eigenvalue weighted by atomic mass is 10.1. The molecular formula is C22H19ClN2O2. The van der Waals surface area contributed by atoms with Gasteiger partial charge < -0.3 is 4.74 Å². The molecule has 0 saturated carbocycles. The van der Waals surface area contributed by atoms with E-state index >= 15 is 0 Å². The van der Waals surface area contributed by atoms with Gasteiger partial charge in [-0.25, -0.2) is 9.48 Å². The van der Waals surface area contributed by atoms with E-state index in [4.69, 9.17) is 16.3 Å². The van der Waals surface area contributed by atoms with E-state index in [0.29, 0.717) is 17.3 Å². The number of ether oxygens (including phenoxy) is 1. The molecule has 5 heteroatoms. The fourth-order valence-electron chi connectivity index (χ4n) is 3.45. The molecule has 0 N–H and O–H groups in total. The van der Waals surface area contributed by atoms with Crippen molar-refractivity contribution in [1.29, 1.82) is 0 Å². The first kappa shape index (κ1) is 17.6. The van der Waals surface area contributed by atoms with Gasteiger partial charge in [-0.15, -0.1) is 0 Å². The number of allylic oxidation sites excluding steroid dienone is 1. The first-order valence-electron chi connectivity index (χ1n) is 8.99. The molecule has 1 aliphatic rings. The summed E-state index contributed by atoms with van der Waals surface area (Å²) in [6, 6.07) is 17.7. The molecule has 136 valence electrons. The Morgan fingerprint density at radius 3 is 2.63 bits per heavy atom. The number of hydrogen-bond donors (Lipinski definition) is 0. The molecule has 0 saturated heterocycles. The normalized spacial score (nSPS) is 14.4. The molecule has 27 heavy (non-hydrogen) atoms. The number of benzene rings is 2. The second kappa shape index (κ2) is 7.41. The van der Waals surface area contributed by atoms with Gasteiger partial charge in [-0.05, 0) is 49.1 Å². The summed E-state index contributed by atoms with van der Waals surface area (Å²) in [4.78, 5) is 12.4. The topological polar surface area (TPSA) is 44.1 Å². The number of aromatic nitrogens is 2. The van der Waals surface area contributed by atoms with E-state index in [2.05, 4.69) is 23.3 Å². The molecule has 1 aliphatic carbocycles. The predicted molar refractivity (Wildman–Crippen MR) is 107 cm³/mol. The van der Waals surface area contributed by atoms with Crippen LogP contribution in [0.2, 0.25) is 5.02 Å². The lowest BCUT2D eigenvalue weighted by molar-refractivity contribution is 0.0517. The Kier molecular flexibility index (Phi) is 4.82. The summed E-state index contributed by atoms with van der Waals surface area (Å²) in [7, 11) is 0. The number of para-hydroxylation sites is 1. The van der Waals surface area contributed by atoms with Gasteiger partial charge in [0.1, 0.15) is 0 Å². The highest BCUT2D eigenvalue weighted by atomic mass is 35.5. The van der Waals surface area contributed by atoms with Gasteiger partial charge in [0.2, 0.25) is 0 Å². The number of carbonyl (C=O) groups is 1. The molecule has 0 spiro atoms. The van der Waals surface area contributed by atoms with Crippen LogP contribution in [-0.2, 0) is 11.2 Å². The maximum absolute atomic E-state index is 12.4. The van der Waals surface area contributed by atoms with E-state index in [-0.39, 0.29) is 5.97 Å². The Labute approximate surface area is 163 Å². The molecule has 0 radical (unpaired) electrons. The number of hydrogen-bond acceptors (Lipinski definition) is 3. The van der Waals surface area contributed by atoms with Crippen LogP contribution in [0.25, 0.3) is 17.3 Å². The SMILES string of the molecule is CCOC(=O)c1nn(-c2ccccc2Cl)c2c1CC/C2=C/c1ccccc1. The molecule has 4 nitrogen and oxygen atoms in total. The van der Waals surface area contributed by atoms with E-state index in [1.807, 2.05) is 42.5 Å². The fourth-order valence-corrected chi connectivity index (χ4v) is 3.66. The van der Waals surface area contributed by atoms with Crippen molar-refractivity contribution in [3.63, 3.8) is 0 Å². The number of fused-ring (bicyclic) bond motifs is 1. The lowest BCUT2D eigenvalue weighted by Crippen LogP contribution is -2.09. The van der Waals surface area contributed by atoms with E-state index in [0.717, 1.165) is 40.9 Å². The van der Waals surface area contributed by atoms with Crippen molar-refractivity contribution < 1.29 is 9.53 Å². The van der Waals surface area contributed by atoms with E-state index < -0.39 is 0 Å². The van der Waals surface area contributed by atoms with Crippen molar-refractivity contribution in [2.75, 3.05) is 6.61 Å². The predicted octanol–water partition coefficient (Wildman–Crippen LogP) is 5.19. The van der Waals surface area contributed by atoms with Crippen molar-refractivity contribution in [3.8, 4) is 5.69 Å². The van der Waals surface area contributed by atoms with Crippen molar-refractivity contribution in [3.05, 3.63) is 82.1 Å². The molecule has 2 aromatic carbocycles. The van der Waals surface area contributed by atoms with Crippen LogP contribution in [0.1, 0.15) is 40.7 Å². The Morgan fingerprint density at radius 2 is 1.89 bits per heavy atom. The average Bonchev–Trinajstić information content (AvgIpc) is 3.25. The molecule has 0 fully saturated rings. The Morgan fingerprint density at radius 1 is 1.15 bits per heavy atom. The van der Waals surface area contributed by atoms with Crippen LogP contribution in [-0.4, -0.2) is 22.4 Å². The lowest BCUT2D eigenvalue weighted by Gasteiger charge is -2.09. The van der Waals surface area contributed by atoms with Crippen molar-refractivity contribution in [2.45, 2.75) is 19.8 Å². The van der Waals surface area contributed by atoms with Crippen molar-refractivity contribution >= 4 is 29.2 Å². The molecule has 0 bridgehead atoms. The van der Waals surface area contributed by atoms with Gasteiger partial charge in [-0.1, -0.05) is 54.1 Å². The molecule has 0 atom stereocenters. The van der Waals surface area contributed by atoms with Gasteiger partial charge in [-0.3, -0.25) is 0 Å². The monoisotopic (exact) mass is 378 g/mol. The second-order valence-electron chi connectivity index (χ2n) is 6.34. The number of carbonyl (C=O) groups excluding carboxylic acids is 1. The van der Waals surface area contributed by atoms with Gasteiger partial charge in [0.25, 0.3) is 0 Å². The molecule has 1 heterocycles. The van der Waals surface area contributed by atoms with Gasteiger partial charge in [-0.2, -0.15) is 5.10 Å². The third-order valence-corrected chi connectivity index (χ3v) is 4.94. The van der Waals surface area contributed by atoms with Crippen LogP contribution in [0.4, 0.5) is 0 Å². The minimum Gasteiger partial charge on any atom is -0.461 e. The Hall–Kier alpha value is -2.85. The Balaban J connectivity index is 1.90. The molecule has 0 amide bonds. The second-order valence-corrected chi connectivity index (χ2v) is 6.75. The van der Waals surface area contributed by atoms with E-state index in [1.165, 1.54) is 0 Å². The van der Waals surface area contributed by atoms with Crippen molar-refractivity contribution in [1.82, 2.24) is 9.78 Å². The third kappa shape index (κ3) is 3.28. The number of rotatable bonds is 4. The van der Waals surface area contributed by atoms with Crippen LogP contribution < -0.4 is 0 Å². The zero-order chi connectivity index (χ0) is 18.8. The van der Waals surface area contributed by atoms with Crippen LogP contribution in [0.15, 0.2) is 54.6 Å². The zero-order valence-corrected chi connectivity index (χ0v) is 15.7. The highest BCUT2D eigenvalue weighted by molar-refractivity contribution is 6.32. The maximum Gasteiger partial charge on any atom is 0.359 e. The van der Waals surface area contributed by atoms with Crippen molar-refractivity contribution in [2.24, 2.45) is 0 Å². The molecule has 3 aromatic rings. The number of nitrogens with zero attached hydrogens (tertiary/aromatic N) is 2. The Bertz CT molecular complexity index is 1020. The molecule has 1 aromatic heterocycles. The summed E-state index contributed by atoms with van der Waals surface area (Å²) < 4.78 is 7.00. The van der Waals surface area contributed by atoms with Crippen LogP contribution >= 0.6 is 11.6 Å². The zero-order valence-electron chi connectivity index (χ0n) is 15.0. The van der Waals surface area contributed by atoms with Crippen LogP contribution in [0.3, 0.4) is 0 Å². The highest BCUT2D eigenvalue weighted by Gasteiger charge is 2.31. The molecule has 0 aliphatic heterocycles. The van der Waals surface area contributed by atoms with Gasteiger partial charge in [0.15, 0.2) is 5.69 Å². The molecular weight excluding hydrogens is 360 g/mol. The minimum atomic E-state index is -0.388. The quantitative estimate of drug-likeness (QED) is 0.587. The summed E-state index contributed by atoms with van der Waals surface area (Å²) in [5.41, 5.74) is 5.25. The maximum atomic E-state index is 12.4. The average molecular weight is 379 g/mol. The first-order valence-corrected chi connectivity index (χ1v) is 9.36.